The van der Waals surface area contributed by atoms with Crippen LogP contribution in [0.4, 0.5) is 5.88 Å². The van der Waals surface area contributed by atoms with Crippen molar-refractivity contribution in [2.45, 2.75) is 6.61 Å². The van der Waals surface area contributed by atoms with E-state index in [9.17, 15) is 0 Å². The molecule has 0 atom stereocenters. The van der Waals surface area contributed by atoms with Crippen molar-refractivity contribution >= 4 is 5.88 Å². The molecule has 0 fully saturated rings. The van der Waals surface area contributed by atoms with E-state index in [0.717, 1.165) is 0 Å². The zero-order valence-corrected chi connectivity index (χ0v) is 4.16. The van der Waals surface area contributed by atoms with Gasteiger partial charge in [-0.25, -0.2) is 4.98 Å². The number of oxazole rings is 1. The van der Waals surface area contributed by atoms with Crippen LogP contribution in [0.2, 0.25) is 0 Å². The Labute approximate surface area is 45.9 Å². The van der Waals surface area contributed by atoms with Crippen LogP contribution in [-0.2, 0) is 6.61 Å². The molecule has 0 amide bonds. The van der Waals surface area contributed by atoms with Crippen molar-refractivity contribution < 1.29 is 9.52 Å². The summed E-state index contributed by atoms with van der Waals surface area (Å²) in [7, 11) is 0. The molecule has 0 aliphatic heterocycles. The van der Waals surface area contributed by atoms with Gasteiger partial charge in [0.1, 0.15) is 6.61 Å². The smallest absolute Gasteiger partial charge is 0.222 e. The molecule has 1 heterocycles. The maximum Gasteiger partial charge on any atom is 0.222 e. The monoisotopic (exact) mass is 114 g/mol. The van der Waals surface area contributed by atoms with E-state index in [1.165, 1.54) is 6.20 Å². The molecule has 0 radical (unpaired) electrons. The van der Waals surface area contributed by atoms with Crippen molar-refractivity contribution in [3.63, 3.8) is 0 Å². The van der Waals surface area contributed by atoms with E-state index in [1.54, 1.807) is 0 Å². The largest absolute Gasteiger partial charge is 0.423 e. The lowest BCUT2D eigenvalue weighted by molar-refractivity contribution is 0.242. The van der Waals surface area contributed by atoms with Crippen LogP contribution >= 0.6 is 0 Å². The summed E-state index contributed by atoms with van der Waals surface area (Å²) in [6.07, 6.45) is 1.35. The first kappa shape index (κ1) is 5.11. The van der Waals surface area contributed by atoms with Crippen molar-refractivity contribution in [3.8, 4) is 0 Å². The van der Waals surface area contributed by atoms with Gasteiger partial charge in [-0.15, -0.1) is 0 Å². The van der Waals surface area contributed by atoms with Gasteiger partial charge in [0.05, 0.1) is 6.20 Å². The summed E-state index contributed by atoms with van der Waals surface area (Å²) >= 11 is 0. The zero-order chi connectivity index (χ0) is 5.98. The van der Waals surface area contributed by atoms with E-state index in [4.69, 9.17) is 10.8 Å². The quantitative estimate of drug-likeness (QED) is 0.528. The molecule has 4 heteroatoms. The molecule has 44 valence electrons. The molecule has 1 aromatic rings. The number of hydrogen-bond acceptors (Lipinski definition) is 4. The van der Waals surface area contributed by atoms with Gasteiger partial charge in [0.25, 0.3) is 0 Å². The van der Waals surface area contributed by atoms with E-state index < -0.39 is 0 Å². The summed E-state index contributed by atoms with van der Waals surface area (Å²) < 4.78 is 4.65. The first-order valence-corrected chi connectivity index (χ1v) is 2.14. The summed E-state index contributed by atoms with van der Waals surface area (Å²) in [6.45, 7) is -0.197. The molecular formula is C4H6N2O2. The fourth-order valence-corrected chi connectivity index (χ4v) is 0.397. The van der Waals surface area contributed by atoms with Gasteiger partial charge in [-0.3, -0.25) is 0 Å². The average Bonchev–Trinajstić information content (AvgIpc) is 2.14. The van der Waals surface area contributed by atoms with E-state index >= 15 is 0 Å². The molecule has 3 N–H and O–H groups in total. The van der Waals surface area contributed by atoms with Crippen LogP contribution in [0.25, 0.3) is 0 Å². The zero-order valence-electron chi connectivity index (χ0n) is 4.16. The summed E-state index contributed by atoms with van der Waals surface area (Å²) in [5.74, 6) is 0.483. The number of nitrogens with two attached hydrogens (primary N) is 1. The third-order valence-electron chi connectivity index (χ3n) is 0.707. The summed E-state index contributed by atoms with van der Waals surface area (Å²) in [5, 5.41) is 8.34. The number of aromatic nitrogens is 1. The van der Waals surface area contributed by atoms with Gasteiger partial charge in [0, 0.05) is 0 Å². The van der Waals surface area contributed by atoms with Gasteiger partial charge in [0.2, 0.25) is 11.8 Å². The van der Waals surface area contributed by atoms with Crippen LogP contribution < -0.4 is 5.73 Å². The second-order valence-corrected chi connectivity index (χ2v) is 1.31. The Morgan fingerprint density at radius 3 is 2.88 bits per heavy atom. The Morgan fingerprint density at radius 2 is 2.62 bits per heavy atom. The fraction of sp³-hybridized carbons (Fsp3) is 0.250. The number of rotatable bonds is 1. The van der Waals surface area contributed by atoms with Gasteiger partial charge in [-0.05, 0) is 0 Å². The summed E-state index contributed by atoms with van der Waals surface area (Å²) in [4.78, 5) is 3.59. The van der Waals surface area contributed by atoms with Crippen LogP contribution in [0, 0.1) is 0 Å². The molecule has 0 aliphatic rings. The molecule has 8 heavy (non-hydrogen) atoms. The lowest BCUT2D eigenvalue weighted by Crippen LogP contribution is -1.79. The third kappa shape index (κ3) is 0.788. The highest BCUT2D eigenvalue weighted by atomic mass is 16.4. The van der Waals surface area contributed by atoms with E-state index in [2.05, 4.69) is 9.40 Å². The van der Waals surface area contributed by atoms with Crippen LogP contribution in [0.5, 0.6) is 0 Å². The van der Waals surface area contributed by atoms with Crippen LogP contribution in [-0.4, -0.2) is 10.1 Å². The Bertz CT molecular complexity index is 172. The predicted octanol–water partition coefficient (Wildman–Crippen LogP) is -0.251. The number of nitrogens with zero attached hydrogens (tertiary/aromatic N) is 1. The molecule has 1 aromatic heterocycles. The second kappa shape index (κ2) is 1.83. The lowest BCUT2D eigenvalue weighted by Gasteiger charge is -1.80. The number of nitrogen functional groups attached to an aromatic ring is 1. The van der Waals surface area contributed by atoms with Gasteiger partial charge in [-0.1, -0.05) is 0 Å². The van der Waals surface area contributed by atoms with Crippen molar-refractivity contribution in [3.05, 3.63) is 12.1 Å². The third-order valence-corrected chi connectivity index (χ3v) is 0.707. The van der Waals surface area contributed by atoms with E-state index in [0.29, 0.717) is 0 Å². The normalized spacial score (nSPS) is 9.62. The van der Waals surface area contributed by atoms with Gasteiger partial charge in [0.15, 0.2) is 0 Å². The van der Waals surface area contributed by atoms with Crippen LogP contribution in [0.15, 0.2) is 10.6 Å². The predicted molar refractivity (Wildman–Crippen MR) is 26.8 cm³/mol. The molecule has 0 unspecified atom stereocenters. The highest BCUT2D eigenvalue weighted by Gasteiger charge is 1.94. The Balaban J connectivity index is 2.84. The molecule has 1 rings (SSSR count). The van der Waals surface area contributed by atoms with E-state index in [1.807, 2.05) is 0 Å². The Kier molecular flexibility index (Phi) is 1.17. The minimum atomic E-state index is -0.197. The first-order valence-electron chi connectivity index (χ1n) is 2.14. The molecule has 0 aliphatic carbocycles. The van der Waals surface area contributed by atoms with Crippen LogP contribution in [0.3, 0.4) is 0 Å². The lowest BCUT2D eigenvalue weighted by atomic mass is 10.7. The molecule has 0 aromatic carbocycles. The van der Waals surface area contributed by atoms with Crippen molar-refractivity contribution in [1.82, 2.24) is 4.98 Å². The van der Waals surface area contributed by atoms with E-state index in [-0.39, 0.29) is 18.4 Å². The maximum atomic E-state index is 8.34. The number of anilines is 1. The molecule has 0 saturated carbocycles. The number of aliphatic hydroxyl groups is 1. The average molecular weight is 114 g/mol. The minimum absolute atomic E-state index is 0.197. The molecule has 0 bridgehead atoms. The molecular weight excluding hydrogens is 108 g/mol. The highest BCUT2D eigenvalue weighted by molar-refractivity contribution is 5.17. The Hall–Kier alpha value is -1.03. The topological polar surface area (TPSA) is 72.3 Å². The number of hydrogen-bond donors (Lipinski definition) is 2. The van der Waals surface area contributed by atoms with Gasteiger partial charge in [-0.2, -0.15) is 0 Å². The number of aliphatic hydroxyl groups excluding tert-OH is 1. The van der Waals surface area contributed by atoms with Crippen molar-refractivity contribution in [2.75, 3.05) is 5.73 Å². The fourth-order valence-electron chi connectivity index (χ4n) is 0.397. The van der Waals surface area contributed by atoms with Crippen LogP contribution in [0.1, 0.15) is 5.89 Å². The molecule has 0 saturated heterocycles. The standard InChI is InChI=1S/C4H6N2O2/c5-3-1-6-4(2-7)8-3/h1,7H,2,5H2. The second-order valence-electron chi connectivity index (χ2n) is 1.31. The maximum absolute atomic E-state index is 8.34. The first-order chi connectivity index (χ1) is 3.83. The summed E-state index contributed by atoms with van der Waals surface area (Å²) in [6, 6.07) is 0. The molecule has 4 nitrogen and oxygen atoms in total. The van der Waals surface area contributed by atoms with Gasteiger partial charge >= 0.3 is 0 Å². The van der Waals surface area contributed by atoms with Crippen molar-refractivity contribution in [2.24, 2.45) is 0 Å². The Morgan fingerprint density at radius 1 is 1.88 bits per heavy atom. The highest BCUT2D eigenvalue weighted by Crippen LogP contribution is 2.02. The minimum Gasteiger partial charge on any atom is -0.423 e. The summed E-state index contributed by atoms with van der Waals surface area (Å²) in [5.41, 5.74) is 5.11. The molecule has 0 spiro atoms. The van der Waals surface area contributed by atoms with Crippen molar-refractivity contribution in [1.29, 1.82) is 0 Å². The van der Waals surface area contributed by atoms with Gasteiger partial charge < -0.3 is 15.3 Å². The SMILES string of the molecule is Nc1cnc(CO)o1.